The number of alkyl halides is 3. The molecule has 25 heavy (non-hydrogen) atoms. The Kier molecular flexibility index (Phi) is 5.41. The van der Waals surface area contributed by atoms with Crippen molar-refractivity contribution in [1.29, 1.82) is 0 Å². The highest BCUT2D eigenvalue weighted by Crippen LogP contribution is 2.23. The molecule has 2 N–H and O–H groups in total. The van der Waals surface area contributed by atoms with Crippen LogP contribution in [0.1, 0.15) is 27.6 Å². The van der Waals surface area contributed by atoms with Gasteiger partial charge in [-0.1, -0.05) is 24.3 Å². The third-order valence-corrected chi connectivity index (χ3v) is 3.44. The number of halogens is 3. The van der Waals surface area contributed by atoms with E-state index < -0.39 is 31.1 Å². The van der Waals surface area contributed by atoms with Gasteiger partial charge < -0.3 is 10.6 Å². The molecule has 132 valence electrons. The summed E-state index contributed by atoms with van der Waals surface area (Å²) in [5.74, 6) is -1.72. The highest BCUT2D eigenvalue weighted by molar-refractivity contribution is 6.14. The molecular formula is C17H15F3N2O3. The van der Waals surface area contributed by atoms with Crippen LogP contribution in [0.2, 0.25) is 0 Å². The number of ketones is 1. The van der Waals surface area contributed by atoms with Gasteiger partial charge in [-0.15, -0.1) is 0 Å². The molecule has 0 unspecified atom stereocenters. The molecule has 0 saturated heterocycles. The SMILES string of the molecule is CC(=O)c1ccc(C(=O)NCC(=O)NCC(F)(F)F)c2ccccc12. The largest absolute Gasteiger partial charge is 0.405 e. The van der Waals surface area contributed by atoms with E-state index in [2.05, 4.69) is 5.32 Å². The molecular weight excluding hydrogens is 337 g/mol. The predicted octanol–water partition coefficient (Wildman–Crippen LogP) is 2.45. The van der Waals surface area contributed by atoms with E-state index in [0.29, 0.717) is 16.3 Å². The van der Waals surface area contributed by atoms with Crippen LogP contribution in [0.15, 0.2) is 36.4 Å². The summed E-state index contributed by atoms with van der Waals surface area (Å²) >= 11 is 0. The van der Waals surface area contributed by atoms with Crippen molar-refractivity contribution in [3.63, 3.8) is 0 Å². The summed E-state index contributed by atoms with van der Waals surface area (Å²) in [6.07, 6.45) is -4.52. The Morgan fingerprint density at radius 3 is 2.04 bits per heavy atom. The standard InChI is InChI=1S/C17H15F3N2O3/c1-10(23)11-6-7-14(13-5-3-2-4-12(11)13)16(25)21-8-15(24)22-9-17(18,19)20/h2-7H,8-9H2,1H3,(H,21,25)(H,22,24). The number of carbonyl (C=O) groups is 3. The minimum Gasteiger partial charge on any atom is -0.345 e. The Balaban J connectivity index is 2.14. The normalized spacial score (nSPS) is 11.2. The second-order valence-corrected chi connectivity index (χ2v) is 5.34. The van der Waals surface area contributed by atoms with E-state index in [1.165, 1.54) is 19.1 Å². The lowest BCUT2D eigenvalue weighted by molar-refractivity contribution is -0.137. The third kappa shape index (κ3) is 4.79. The Labute approximate surface area is 141 Å². The lowest BCUT2D eigenvalue weighted by Gasteiger charge is -2.11. The van der Waals surface area contributed by atoms with Crippen LogP contribution in [0.25, 0.3) is 10.8 Å². The summed E-state index contributed by atoms with van der Waals surface area (Å²) in [5, 5.41) is 5.04. The van der Waals surface area contributed by atoms with Gasteiger partial charge in [0.25, 0.3) is 5.91 Å². The summed E-state index contributed by atoms with van der Waals surface area (Å²) in [5.41, 5.74) is 0.680. The number of Topliss-reactive ketones (excluding diaryl/α,β-unsaturated/α-hetero) is 1. The van der Waals surface area contributed by atoms with Crippen molar-refractivity contribution in [1.82, 2.24) is 10.6 Å². The van der Waals surface area contributed by atoms with Crippen LogP contribution >= 0.6 is 0 Å². The number of rotatable bonds is 5. The van der Waals surface area contributed by atoms with Crippen molar-refractivity contribution in [2.45, 2.75) is 13.1 Å². The molecule has 0 fully saturated rings. The first kappa shape index (κ1) is 18.4. The molecule has 2 aromatic carbocycles. The first-order valence-electron chi connectivity index (χ1n) is 7.33. The molecule has 0 aromatic heterocycles. The Morgan fingerprint density at radius 2 is 1.48 bits per heavy atom. The summed E-state index contributed by atoms with van der Waals surface area (Å²) < 4.78 is 36.1. The fourth-order valence-electron chi connectivity index (χ4n) is 2.32. The highest BCUT2D eigenvalue weighted by atomic mass is 19.4. The zero-order chi connectivity index (χ0) is 18.6. The van der Waals surface area contributed by atoms with E-state index in [-0.39, 0.29) is 11.3 Å². The number of carbonyl (C=O) groups excluding carboxylic acids is 3. The number of hydrogen-bond acceptors (Lipinski definition) is 3. The maximum Gasteiger partial charge on any atom is 0.405 e. The molecule has 0 saturated carbocycles. The minimum atomic E-state index is -4.52. The number of benzene rings is 2. The van der Waals surface area contributed by atoms with Crippen LogP contribution in [0.5, 0.6) is 0 Å². The Hall–Kier alpha value is -2.90. The fraction of sp³-hybridized carbons (Fsp3) is 0.235. The van der Waals surface area contributed by atoms with Crippen LogP contribution in [-0.4, -0.2) is 36.9 Å². The second kappa shape index (κ2) is 7.33. The van der Waals surface area contributed by atoms with E-state index >= 15 is 0 Å². The van der Waals surface area contributed by atoms with E-state index in [0.717, 1.165) is 0 Å². The van der Waals surface area contributed by atoms with Crippen molar-refractivity contribution in [2.24, 2.45) is 0 Å². The van der Waals surface area contributed by atoms with Gasteiger partial charge in [0, 0.05) is 11.1 Å². The smallest absolute Gasteiger partial charge is 0.345 e. The van der Waals surface area contributed by atoms with Crippen molar-refractivity contribution < 1.29 is 27.6 Å². The van der Waals surface area contributed by atoms with Gasteiger partial charge in [0.2, 0.25) is 5.91 Å². The van der Waals surface area contributed by atoms with Gasteiger partial charge in [-0.2, -0.15) is 13.2 Å². The molecule has 0 radical (unpaired) electrons. The molecule has 8 heteroatoms. The zero-order valence-electron chi connectivity index (χ0n) is 13.2. The number of hydrogen-bond donors (Lipinski definition) is 2. The molecule has 0 aliphatic heterocycles. The summed E-state index contributed by atoms with van der Waals surface area (Å²) in [4.78, 5) is 35.3. The van der Waals surface area contributed by atoms with Crippen LogP contribution in [-0.2, 0) is 4.79 Å². The molecule has 0 heterocycles. The molecule has 2 amide bonds. The van der Waals surface area contributed by atoms with Gasteiger partial charge in [0.15, 0.2) is 5.78 Å². The molecule has 0 atom stereocenters. The maximum atomic E-state index is 12.2. The molecule has 0 spiro atoms. The topological polar surface area (TPSA) is 75.3 Å². The number of nitrogens with one attached hydrogen (secondary N) is 2. The number of amides is 2. The van der Waals surface area contributed by atoms with Gasteiger partial charge in [-0.05, 0) is 29.8 Å². The maximum absolute atomic E-state index is 12.2. The lowest BCUT2D eigenvalue weighted by Crippen LogP contribution is -2.40. The van der Waals surface area contributed by atoms with Crippen molar-refractivity contribution in [3.05, 3.63) is 47.5 Å². The van der Waals surface area contributed by atoms with Crippen LogP contribution in [0.4, 0.5) is 13.2 Å². The fourth-order valence-corrected chi connectivity index (χ4v) is 2.32. The second-order valence-electron chi connectivity index (χ2n) is 5.34. The van der Waals surface area contributed by atoms with Crippen LogP contribution in [0.3, 0.4) is 0 Å². The van der Waals surface area contributed by atoms with Gasteiger partial charge in [-0.25, -0.2) is 0 Å². The predicted molar refractivity (Wildman–Crippen MR) is 85.4 cm³/mol. The van der Waals surface area contributed by atoms with Crippen LogP contribution < -0.4 is 10.6 Å². The van der Waals surface area contributed by atoms with Gasteiger partial charge >= 0.3 is 6.18 Å². The van der Waals surface area contributed by atoms with Crippen molar-refractivity contribution in [3.8, 4) is 0 Å². The molecule has 0 aliphatic carbocycles. The average Bonchev–Trinajstić information content (AvgIpc) is 2.56. The molecule has 5 nitrogen and oxygen atoms in total. The van der Waals surface area contributed by atoms with E-state index in [1.54, 1.807) is 29.6 Å². The van der Waals surface area contributed by atoms with Crippen LogP contribution in [0, 0.1) is 0 Å². The van der Waals surface area contributed by atoms with Crippen molar-refractivity contribution >= 4 is 28.4 Å². The van der Waals surface area contributed by atoms with Gasteiger partial charge in [0.05, 0.1) is 6.54 Å². The van der Waals surface area contributed by atoms with E-state index in [4.69, 9.17) is 0 Å². The summed E-state index contributed by atoms with van der Waals surface area (Å²) in [6.45, 7) is -0.637. The Bertz CT molecular complexity index is 831. The minimum absolute atomic E-state index is 0.158. The molecule has 0 bridgehead atoms. The lowest BCUT2D eigenvalue weighted by atomic mass is 9.97. The molecule has 2 rings (SSSR count). The van der Waals surface area contributed by atoms with E-state index in [1.807, 2.05) is 0 Å². The Morgan fingerprint density at radius 1 is 0.920 bits per heavy atom. The van der Waals surface area contributed by atoms with E-state index in [9.17, 15) is 27.6 Å². The zero-order valence-corrected chi connectivity index (χ0v) is 13.2. The molecule has 0 aliphatic rings. The molecule has 2 aromatic rings. The van der Waals surface area contributed by atoms with Crippen molar-refractivity contribution in [2.75, 3.05) is 13.1 Å². The monoisotopic (exact) mass is 352 g/mol. The third-order valence-electron chi connectivity index (χ3n) is 3.44. The van der Waals surface area contributed by atoms with Gasteiger partial charge in [-0.3, -0.25) is 14.4 Å². The summed E-state index contributed by atoms with van der Waals surface area (Å²) in [7, 11) is 0. The highest BCUT2D eigenvalue weighted by Gasteiger charge is 2.27. The first-order chi connectivity index (χ1) is 11.7. The van der Waals surface area contributed by atoms with Gasteiger partial charge in [0.1, 0.15) is 6.54 Å². The number of fused-ring (bicyclic) bond motifs is 1. The quantitative estimate of drug-likeness (QED) is 0.812. The first-order valence-corrected chi connectivity index (χ1v) is 7.33. The summed E-state index contributed by atoms with van der Waals surface area (Å²) in [6, 6.07) is 9.71. The average molecular weight is 352 g/mol.